The van der Waals surface area contributed by atoms with Gasteiger partial charge < -0.3 is 5.32 Å². The second kappa shape index (κ2) is 6.90. The molecule has 0 aromatic carbocycles. The molecule has 0 aromatic heterocycles. The lowest BCUT2D eigenvalue weighted by molar-refractivity contribution is 0.202. The summed E-state index contributed by atoms with van der Waals surface area (Å²) < 4.78 is 23.8. The molecule has 0 heterocycles. The van der Waals surface area contributed by atoms with Crippen molar-refractivity contribution in [1.29, 1.82) is 0 Å². The van der Waals surface area contributed by atoms with Crippen molar-refractivity contribution in [2.24, 2.45) is 11.8 Å². The SMILES string of the molecule is CCC1CCC(NC)C(CCS(=O)(=O)C(C)C)C1. The minimum absolute atomic E-state index is 0.240. The van der Waals surface area contributed by atoms with Gasteiger partial charge in [0.1, 0.15) is 0 Å². The van der Waals surface area contributed by atoms with E-state index in [1.54, 1.807) is 13.8 Å². The van der Waals surface area contributed by atoms with Gasteiger partial charge in [-0.1, -0.05) is 13.3 Å². The van der Waals surface area contributed by atoms with E-state index in [0.717, 1.165) is 12.3 Å². The predicted octanol–water partition coefficient (Wildman–Crippen LogP) is 2.61. The highest BCUT2D eigenvalue weighted by Gasteiger charge is 2.30. The highest BCUT2D eigenvalue weighted by atomic mass is 32.2. The third-order valence-electron chi connectivity index (χ3n) is 4.53. The van der Waals surface area contributed by atoms with E-state index >= 15 is 0 Å². The Kier molecular flexibility index (Phi) is 6.12. The molecule has 108 valence electrons. The molecule has 4 heteroatoms. The number of nitrogens with one attached hydrogen (secondary N) is 1. The second-order valence-electron chi connectivity index (χ2n) is 5.95. The van der Waals surface area contributed by atoms with Crippen LogP contribution in [0.25, 0.3) is 0 Å². The first kappa shape index (κ1) is 16.0. The van der Waals surface area contributed by atoms with Crippen molar-refractivity contribution in [3.8, 4) is 0 Å². The normalized spacial score (nSPS) is 29.7. The van der Waals surface area contributed by atoms with Crippen LogP contribution in [0.2, 0.25) is 0 Å². The van der Waals surface area contributed by atoms with Crippen LogP contribution < -0.4 is 5.32 Å². The van der Waals surface area contributed by atoms with Crippen LogP contribution in [0.5, 0.6) is 0 Å². The fraction of sp³-hybridized carbons (Fsp3) is 1.00. The lowest BCUT2D eigenvalue weighted by Gasteiger charge is -2.36. The third kappa shape index (κ3) is 4.23. The van der Waals surface area contributed by atoms with Crippen LogP contribution in [0, 0.1) is 11.8 Å². The van der Waals surface area contributed by atoms with E-state index in [0.29, 0.717) is 17.7 Å². The average Bonchev–Trinajstić information content (AvgIpc) is 2.35. The van der Waals surface area contributed by atoms with Crippen LogP contribution in [0.15, 0.2) is 0 Å². The minimum Gasteiger partial charge on any atom is -0.317 e. The maximum absolute atomic E-state index is 11.9. The zero-order chi connectivity index (χ0) is 13.8. The van der Waals surface area contributed by atoms with Crippen molar-refractivity contribution in [1.82, 2.24) is 5.32 Å². The van der Waals surface area contributed by atoms with E-state index in [4.69, 9.17) is 0 Å². The summed E-state index contributed by atoms with van der Waals surface area (Å²) in [5, 5.41) is 3.13. The number of rotatable bonds is 6. The lowest BCUT2D eigenvalue weighted by atomic mass is 9.76. The number of hydrogen-bond donors (Lipinski definition) is 1. The first-order valence-corrected chi connectivity index (χ1v) is 9.01. The molecule has 3 nitrogen and oxygen atoms in total. The summed E-state index contributed by atoms with van der Waals surface area (Å²) in [5.41, 5.74) is 0. The van der Waals surface area contributed by atoms with Gasteiger partial charge in [0.05, 0.1) is 11.0 Å². The third-order valence-corrected chi connectivity index (χ3v) is 6.77. The van der Waals surface area contributed by atoms with Crippen molar-refractivity contribution in [3.63, 3.8) is 0 Å². The summed E-state index contributed by atoms with van der Waals surface area (Å²) in [6, 6.07) is 0.509. The van der Waals surface area contributed by atoms with Gasteiger partial charge in [0.15, 0.2) is 9.84 Å². The second-order valence-corrected chi connectivity index (χ2v) is 8.62. The van der Waals surface area contributed by atoms with Crippen molar-refractivity contribution in [2.45, 2.75) is 64.2 Å². The molecule has 0 amide bonds. The Bertz CT molecular complexity index is 338. The minimum atomic E-state index is -2.88. The van der Waals surface area contributed by atoms with Crippen LogP contribution in [-0.4, -0.2) is 32.5 Å². The zero-order valence-corrected chi connectivity index (χ0v) is 13.1. The van der Waals surface area contributed by atoms with Gasteiger partial charge in [-0.2, -0.15) is 0 Å². The molecular weight excluding hydrogens is 246 g/mol. The van der Waals surface area contributed by atoms with Gasteiger partial charge in [0.2, 0.25) is 0 Å². The molecule has 0 radical (unpaired) electrons. The van der Waals surface area contributed by atoms with Gasteiger partial charge in [-0.25, -0.2) is 8.42 Å². The van der Waals surface area contributed by atoms with Gasteiger partial charge in [-0.3, -0.25) is 0 Å². The van der Waals surface area contributed by atoms with E-state index in [1.165, 1.54) is 25.7 Å². The molecule has 18 heavy (non-hydrogen) atoms. The Morgan fingerprint density at radius 2 is 1.94 bits per heavy atom. The Morgan fingerprint density at radius 1 is 1.28 bits per heavy atom. The highest BCUT2D eigenvalue weighted by Crippen LogP contribution is 2.33. The van der Waals surface area contributed by atoms with Crippen LogP contribution in [0.3, 0.4) is 0 Å². The summed E-state index contributed by atoms with van der Waals surface area (Å²) in [5.74, 6) is 1.67. The Labute approximate surface area is 113 Å². The lowest BCUT2D eigenvalue weighted by Crippen LogP contribution is -2.39. The van der Waals surface area contributed by atoms with Crippen LogP contribution in [0.4, 0.5) is 0 Å². The fourth-order valence-electron chi connectivity index (χ4n) is 2.98. The molecule has 1 N–H and O–H groups in total. The number of sulfone groups is 1. The van der Waals surface area contributed by atoms with E-state index in [1.807, 2.05) is 7.05 Å². The monoisotopic (exact) mass is 275 g/mol. The molecule has 1 aliphatic rings. The van der Waals surface area contributed by atoms with Crippen LogP contribution in [0.1, 0.15) is 52.9 Å². The first-order chi connectivity index (χ1) is 8.40. The van der Waals surface area contributed by atoms with E-state index < -0.39 is 9.84 Å². The molecular formula is C14H29NO2S. The van der Waals surface area contributed by atoms with Crippen molar-refractivity contribution < 1.29 is 8.42 Å². The summed E-state index contributed by atoms with van der Waals surface area (Å²) in [6.07, 6.45) is 5.72. The van der Waals surface area contributed by atoms with Gasteiger partial charge >= 0.3 is 0 Å². The van der Waals surface area contributed by atoms with Crippen molar-refractivity contribution >= 4 is 9.84 Å². The quantitative estimate of drug-likeness (QED) is 0.810. The first-order valence-electron chi connectivity index (χ1n) is 7.29. The molecule has 1 rings (SSSR count). The molecule has 0 bridgehead atoms. The Hall–Kier alpha value is -0.0900. The number of hydrogen-bond acceptors (Lipinski definition) is 3. The summed E-state index contributed by atoms with van der Waals surface area (Å²) >= 11 is 0. The maximum atomic E-state index is 11.9. The van der Waals surface area contributed by atoms with Gasteiger partial charge in [0, 0.05) is 6.04 Å². The largest absolute Gasteiger partial charge is 0.317 e. The van der Waals surface area contributed by atoms with E-state index in [9.17, 15) is 8.42 Å². The molecule has 3 atom stereocenters. The molecule has 1 aliphatic carbocycles. The van der Waals surface area contributed by atoms with Gasteiger partial charge in [-0.05, 0) is 58.4 Å². The summed E-state index contributed by atoms with van der Waals surface area (Å²) in [4.78, 5) is 0. The van der Waals surface area contributed by atoms with E-state index in [-0.39, 0.29) is 5.25 Å². The topological polar surface area (TPSA) is 46.2 Å². The van der Waals surface area contributed by atoms with Crippen molar-refractivity contribution in [2.75, 3.05) is 12.8 Å². The Morgan fingerprint density at radius 3 is 2.44 bits per heavy atom. The molecule has 0 saturated heterocycles. The summed E-state index contributed by atoms with van der Waals surface area (Å²) in [7, 11) is -0.880. The highest BCUT2D eigenvalue weighted by molar-refractivity contribution is 7.91. The maximum Gasteiger partial charge on any atom is 0.152 e. The zero-order valence-electron chi connectivity index (χ0n) is 12.3. The molecule has 0 spiro atoms. The van der Waals surface area contributed by atoms with Crippen LogP contribution in [-0.2, 0) is 9.84 Å². The standard InChI is InChI=1S/C14H29NO2S/c1-5-12-6-7-14(15-4)13(10-12)8-9-18(16,17)11(2)3/h11-15H,5-10H2,1-4H3. The van der Waals surface area contributed by atoms with Crippen LogP contribution >= 0.6 is 0 Å². The molecule has 3 unspecified atom stereocenters. The average molecular weight is 275 g/mol. The molecule has 1 saturated carbocycles. The Balaban J connectivity index is 2.57. The summed E-state index contributed by atoms with van der Waals surface area (Å²) in [6.45, 7) is 5.80. The van der Waals surface area contributed by atoms with Gasteiger partial charge in [0.25, 0.3) is 0 Å². The smallest absolute Gasteiger partial charge is 0.152 e. The molecule has 0 aliphatic heterocycles. The van der Waals surface area contributed by atoms with E-state index in [2.05, 4.69) is 12.2 Å². The van der Waals surface area contributed by atoms with Gasteiger partial charge in [-0.15, -0.1) is 0 Å². The fourth-order valence-corrected chi connectivity index (χ4v) is 4.09. The van der Waals surface area contributed by atoms with Crippen molar-refractivity contribution in [3.05, 3.63) is 0 Å². The molecule has 1 fully saturated rings. The molecule has 0 aromatic rings. The predicted molar refractivity (Wildman–Crippen MR) is 77.5 cm³/mol.